The largest absolute Gasteiger partial charge is 0.481 e. The molecule has 3 nitrogen and oxygen atoms in total. The van der Waals surface area contributed by atoms with Gasteiger partial charge in [0.15, 0.2) is 0 Å². The van der Waals surface area contributed by atoms with Crippen LogP contribution in [0.15, 0.2) is 28.9 Å². The molecule has 1 heterocycles. The Morgan fingerprint density at radius 2 is 2.06 bits per heavy atom. The maximum absolute atomic E-state index is 10.8. The van der Waals surface area contributed by atoms with E-state index in [0.29, 0.717) is 5.58 Å². The van der Waals surface area contributed by atoms with Gasteiger partial charge in [0.05, 0.1) is 12.7 Å². The van der Waals surface area contributed by atoms with E-state index < -0.39 is 5.97 Å². The smallest absolute Gasteiger partial charge is 0.307 e. The summed E-state index contributed by atoms with van der Waals surface area (Å²) in [6.07, 6.45) is 1.73. The van der Waals surface area contributed by atoms with Crippen molar-refractivity contribution in [3.05, 3.63) is 35.6 Å². The topological polar surface area (TPSA) is 50.4 Å². The highest BCUT2D eigenvalue weighted by molar-refractivity contribution is 5.87. The molecule has 1 aromatic heterocycles. The standard InChI is InChI=1S/C14H16O3/c1-14(2,3)11-8-17-13-9(7-12(15)16)5-4-6-10(11)13/h4-6,8H,7H2,1-3H3,(H,15,16). The summed E-state index contributed by atoms with van der Waals surface area (Å²) in [7, 11) is 0. The van der Waals surface area contributed by atoms with Gasteiger partial charge >= 0.3 is 5.97 Å². The molecule has 0 saturated carbocycles. The average molecular weight is 232 g/mol. The predicted octanol–water partition coefficient (Wildman–Crippen LogP) is 3.36. The highest BCUT2D eigenvalue weighted by atomic mass is 16.4. The van der Waals surface area contributed by atoms with Gasteiger partial charge in [-0.3, -0.25) is 4.79 Å². The van der Waals surface area contributed by atoms with Crippen molar-refractivity contribution >= 4 is 16.9 Å². The lowest BCUT2D eigenvalue weighted by molar-refractivity contribution is -0.136. The van der Waals surface area contributed by atoms with Crippen molar-refractivity contribution in [2.24, 2.45) is 0 Å². The highest BCUT2D eigenvalue weighted by Gasteiger charge is 2.21. The molecule has 1 N–H and O–H groups in total. The van der Waals surface area contributed by atoms with E-state index in [4.69, 9.17) is 9.52 Å². The van der Waals surface area contributed by atoms with E-state index in [1.54, 1.807) is 12.3 Å². The molecule has 0 aliphatic heterocycles. The summed E-state index contributed by atoms with van der Waals surface area (Å²) < 4.78 is 5.54. The number of carboxylic acid groups (broad SMARTS) is 1. The van der Waals surface area contributed by atoms with Crippen LogP contribution in [0.3, 0.4) is 0 Å². The Kier molecular flexibility index (Phi) is 2.69. The van der Waals surface area contributed by atoms with Crippen LogP contribution in [-0.4, -0.2) is 11.1 Å². The van der Waals surface area contributed by atoms with Gasteiger partial charge in [-0.1, -0.05) is 39.0 Å². The lowest BCUT2D eigenvalue weighted by atomic mass is 9.86. The van der Waals surface area contributed by atoms with Gasteiger partial charge in [-0.05, 0) is 5.41 Å². The van der Waals surface area contributed by atoms with Gasteiger partial charge in [0.1, 0.15) is 5.58 Å². The Balaban J connectivity index is 2.61. The predicted molar refractivity (Wildman–Crippen MR) is 66.3 cm³/mol. The monoisotopic (exact) mass is 232 g/mol. The number of furan rings is 1. The number of carboxylic acids is 1. The third-order valence-corrected chi connectivity index (χ3v) is 2.83. The van der Waals surface area contributed by atoms with E-state index in [9.17, 15) is 4.79 Å². The second kappa shape index (κ2) is 3.91. The Labute approximate surface area is 100 Å². The molecule has 17 heavy (non-hydrogen) atoms. The van der Waals surface area contributed by atoms with Gasteiger partial charge in [0.25, 0.3) is 0 Å². The van der Waals surface area contributed by atoms with Crippen molar-refractivity contribution in [1.82, 2.24) is 0 Å². The lowest BCUT2D eigenvalue weighted by Gasteiger charge is -2.16. The molecule has 0 atom stereocenters. The first-order valence-electron chi connectivity index (χ1n) is 5.61. The zero-order valence-electron chi connectivity index (χ0n) is 10.3. The molecule has 0 aliphatic rings. The molecule has 1 aromatic carbocycles. The first-order valence-corrected chi connectivity index (χ1v) is 5.61. The molecular formula is C14H16O3. The molecule has 0 aliphatic carbocycles. The number of benzene rings is 1. The van der Waals surface area contributed by atoms with Crippen LogP contribution in [0.25, 0.3) is 11.0 Å². The molecule has 0 unspecified atom stereocenters. The Bertz CT molecular complexity index is 558. The SMILES string of the molecule is CC(C)(C)c1coc2c(CC(=O)O)cccc12. The molecule has 0 fully saturated rings. The summed E-state index contributed by atoms with van der Waals surface area (Å²) in [4.78, 5) is 10.8. The van der Waals surface area contributed by atoms with Gasteiger partial charge in [-0.25, -0.2) is 0 Å². The summed E-state index contributed by atoms with van der Waals surface area (Å²) in [5.74, 6) is -0.841. The summed E-state index contributed by atoms with van der Waals surface area (Å²) in [5, 5.41) is 9.86. The zero-order valence-corrected chi connectivity index (χ0v) is 10.3. The molecule has 0 amide bonds. The second-order valence-electron chi connectivity index (χ2n) is 5.26. The van der Waals surface area contributed by atoms with Crippen LogP contribution < -0.4 is 0 Å². The maximum Gasteiger partial charge on any atom is 0.307 e. The van der Waals surface area contributed by atoms with Gasteiger partial charge in [-0.2, -0.15) is 0 Å². The number of rotatable bonds is 2. The number of fused-ring (bicyclic) bond motifs is 1. The number of hydrogen-bond donors (Lipinski definition) is 1. The summed E-state index contributed by atoms with van der Waals surface area (Å²) >= 11 is 0. The number of para-hydroxylation sites is 1. The van der Waals surface area contributed by atoms with Crippen molar-refractivity contribution in [3.63, 3.8) is 0 Å². The van der Waals surface area contributed by atoms with E-state index in [0.717, 1.165) is 16.5 Å². The van der Waals surface area contributed by atoms with E-state index >= 15 is 0 Å². The normalized spacial score (nSPS) is 11.9. The summed E-state index contributed by atoms with van der Waals surface area (Å²) in [5.41, 5.74) is 2.53. The van der Waals surface area contributed by atoms with E-state index in [1.165, 1.54) is 0 Å². The number of hydrogen-bond acceptors (Lipinski definition) is 2. The van der Waals surface area contributed by atoms with Crippen LogP contribution in [0.2, 0.25) is 0 Å². The fourth-order valence-corrected chi connectivity index (χ4v) is 2.00. The van der Waals surface area contributed by atoms with E-state index in [1.807, 2.05) is 12.1 Å². The Morgan fingerprint density at radius 3 is 2.65 bits per heavy atom. The minimum Gasteiger partial charge on any atom is -0.481 e. The second-order valence-corrected chi connectivity index (χ2v) is 5.26. The molecule has 0 bridgehead atoms. The Hall–Kier alpha value is -1.77. The van der Waals surface area contributed by atoms with Crippen LogP contribution in [0, 0.1) is 0 Å². The molecule has 0 saturated heterocycles. The van der Waals surface area contributed by atoms with Gasteiger partial charge < -0.3 is 9.52 Å². The van der Waals surface area contributed by atoms with Crippen molar-refractivity contribution in [2.75, 3.05) is 0 Å². The van der Waals surface area contributed by atoms with Crippen LogP contribution in [-0.2, 0) is 16.6 Å². The quantitative estimate of drug-likeness (QED) is 0.863. The molecule has 90 valence electrons. The maximum atomic E-state index is 10.8. The average Bonchev–Trinajstić information content (AvgIpc) is 2.60. The van der Waals surface area contributed by atoms with Crippen molar-refractivity contribution in [2.45, 2.75) is 32.6 Å². The fraction of sp³-hybridized carbons (Fsp3) is 0.357. The van der Waals surface area contributed by atoms with Gasteiger partial charge in [0, 0.05) is 16.5 Å². The third kappa shape index (κ3) is 2.18. The first kappa shape index (κ1) is 11.7. The van der Waals surface area contributed by atoms with Crippen LogP contribution in [0.4, 0.5) is 0 Å². The van der Waals surface area contributed by atoms with E-state index in [2.05, 4.69) is 20.8 Å². The molecule has 2 rings (SSSR count). The summed E-state index contributed by atoms with van der Waals surface area (Å²) in [6.45, 7) is 6.34. The molecule has 3 heteroatoms. The Morgan fingerprint density at radius 1 is 1.35 bits per heavy atom. The van der Waals surface area contributed by atoms with Gasteiger partial charge in [0.2, 0.25) is 0 Å². The fourth-order valence-electron chi connectivity index (χ4n) is 2.00. The van der Waals surface area contributed by atoms with Gasteiger partial charge in [-0.15, -0.1) is 0 Å². The summed E-state index contributed by atoms with van der Waals surface area (Å²) in [6, 6.07) is 5.66. The van der Waals surface area contributed by atoms with Crippen LogP contribution in [0.1, 0.15) is 31.9 Å². The first-order chi connectivity index (χ1) is 7.89. The number of aliphatic carboxylic acids is 1. The molecule has 0 spiro atoms. The molecule has 2 aromatic rings. The van der Waals surface area contributed by atoms with Crippen molar-refractivity contribution in [1.29, 1.82) is 0 Å². The highest BCUT2D eigenvalue weighted by Crippen LogP contribution is 2.33. The minimum absolute atomic E-state index is 0.00552. The zero-order chi connectivity index (χ0) is 12.6. The van der Waals surface area contributed by atoms with Crippen molar-refractivity contribution < 1.29 is 14.3 Å². The molecular weight excluding hydrogens is 216 g/mol. The van der Waals surface area contributed by atoms with E-state index in [-0.39, 0.29) is 11.8 Å². The lowest BCUT2D eigenvalue weighted by Crippen LogP contribution is -2.09. The minimum atomic E-state index is -0.841. The van der Waals surface area contributed by atoms with Crippen molar-refractivity contribution in [3.8, 4) is 0 Å². The van der Waals surface area contributed by atoms with Crippen LogP contribution >= 0.6 is 0 Å². The molecule has 0 radical (unpaired) electrons. The number of carbonyl (C=O) groups is 1. The third-order valence-electron chi connectivity index (χ3n) is 2.83. The van der Waals surface area contributed by atoms with Crippen LogP contribution in [0.5, 0.6) is 0 Å².